The summed E-state index contributed by atoms with van der Waals surface area (Å²) in [6.07, 6.45) is 0. The van der Waals surface area contributed by atoms with Crippen LogP contribution < -0.4 is 0 Å². The third kappa shape index (κ3) is 2.10. The van der Waals surface area contributed by atoms with Crippen LogP contribution in [0.3, 0.4) is 0 Å². The van der Waals surface area contributed by atoms with Gasteiger partial charge in [0.2, 0.25) is 0 Å². The lowest BCUT2D eigenvalue weighted by atomic mass is 10.1. The molecule has 0 saturated carbocycles. The number of benzene rings is 1. The highest BCUT2D eigenvalue weighted by molar-refractivity contribution is 9.08. The number of halogens is 5. The quantitative estimate of drug-likeness (QED) is 0.473. The lowest BCUT2D eigenvalue weighted by Crippen LogP contribution is -1.89. The highest BCUT2D eigenvalue weighted by Crippen LogP contribution is 2.41. The van der Waals surface area contributed by atoms with Crippen molar-refractivity contribution >= 4 is 62.3 Å². The molecule has 0 aliphatic carbocycles. The Bertz CT molecular complexity index is 319. The third-order valence-corrected chi connectivity index (χ3v) is 4.24. The van der Waals surface area contributed by atoms with Crippen molar-refractivity contribution in [2.45, 2.75) is 12.3 Å². The second-order valence-corrected chi connectivity index (χ2v) is 4.57. The number of hydrogen-bond acceptors (Lipinski definition) is 0. The second-order valence-electron chi connectivity index (χ2n) is 2.49. The fraction of sp³-hybridized carbons (Fsp3) is 0.250. The predicted octanol–water partition coefficient (Wildman–Crippen LogP) is 5.50. The average Bonchev–Trinajstić information content (AvgIpc) is 2.13. The lowest BCUT2D eigenvalue weighted by molar-refractivity contribution is 1.38. The van der Waals surface area contributed by atoms with E-state index in [-0.39, 0.29) is 0 Å². The van der Waals surface area contributed by atoms with E-state index in [1.807, 2.05) is 0 Å². The molecule has 0 atom stereocenters. The molecule has 1 aromatic rings. The van der Waals surface area contributed by atoms with Gasteiger partial charge in [-0.15, -0.1) is 0 Å². The van der Waals surface area contributed by atoms with Crippen LogP contribution in [-0.4, -0.2) is 0 Å². The maximum Gasteiger partial charge on any atom is 0.0651 e. The van der Waals surface area contributed by atoms with Crippen LogP contribution in [-0.2, 0) is 5.33 Å². The van der Waals surface area contributed by atoms with Crippen LogP contribution in [0.1, 0.15) is 11.1 Å². The molecule has 0 saturated heterocycles. The fourth-order valence-electron chi connectivity index (χ4n) is 0.904. The fourth-order valence-corrected chi connectivity index (χ4v) is 2.91. The van der Waals surface area contributed by atoms with E-state index < -0.39 is 0 Å². The summed E-state index contributed by atoms with van der Waals surface area (Å²) < 4.78 is 0. The normalized spacial score (nSPS) is 10.6. The van der Waals surface area contributed by atoms with Crippen molar-refractivity contribution in [1.29, 1.82) is 0 Å². The summed E-state index contributed by atoms with van der Waals surface area (Å²) in [6, 6.07) is 0. The van der Waals surface area contributed by atoms with Crippen LogP contribution in [0.15, 0.2) is 0 Å². The van der Waals surface area contributed by atoms with E-state index in [9.17, 15) is 0 Å². The van der Waals surface area contributed by atoms with Crippen molar-refractivity contribution in [3.63, 3.8) is 0 Å². The molecule has 5 heteroatoms. The molecule has 0 heterocycles. The molecule has 1 rings (SSSR count). The molecule has 1 aromatic carbocycles. The Labute approximate surface area is 105 Å². The molecular weight excluding hydrogens is 318 g/mol. The molecular formula is C8H5BrCl4. The summed E-state index contributed by atoms with van der Waals surface area (Å²) in [6.45, 7) is 1.78. The SMILES string of the molecule is Cc1c(Cl)c(Cl)c(CBr)c(Cl)c1Cl. The Morgan fingerprint density at radius 2 is 1.31 bits per heavy atom. The van der Waals surface area contributed by atoms with Crippen molar-refractivity contribution in [3.05, 3.63) is 31.2 Å². The van der Waals surface area contributed by atoms with Gasteiger partial charge in [0.05, 0.1) is 20.1 Å². The minimum Gasteiger partial charge on any atom is -0.0875 e. The standard InChI is InChI=1S/C8H5BrCl4/c1-3-5(10)7(12)4(2-9)8(13)6(3)11/h2H2,1H3. The van der Waals surface area contributed by atoms with E-state index in [0.29, 0.717) is 31.0 Å². The van der Waals surface area contributed by atoms with Crippen molar-refractivity contribution < 1.29 is 0 Å². The zero-order chi connectivity index (χ0) is 10.2. The van der Waals surface area contributed by atoms with Crippen LogP contribution in [0.2, 0.25) is 20.1 Å². The summed E-state index contributed by atoms with van der Waals surface area (Å²) in [5.41, 5.74) is 1.44. The van der Waals surface area contributed by atoms with Crippen molar-refractivity contribution in [3.8, 4) is 0 Å². The van der Waals surface area contributed by atoms with Gasteiger partial charge in [0.1, 0.15) is 0 Å². The maximum absolute atomic E-state index is 5.97. The monoisotopic (exact) mass is 320 g/mol. The minimum absolute atomic E-state index is 0.463. The molecule has 0 amide bonds. The van der Waals surface area contributed by atoms with Crippen molar-refractivity contribution in [1.82, 2.24) is 0 Å². The van der Waals surface area contributed by atoms with Gasteiger partial charge in [0, 0.05) is 10.9 Å². The smallest absolute Gasteiger partial charge is 0.0651 e. The van der Waals surface area contributed by atoms with Crippen LogP contribution in [0.4, 0.5) is 0 Å². The molecule has 72 valence electrons. The van der Waals surface area contributed by atoms with Gasteiger partial charge in [0.25, 0.3) is 0 Å². The van der Waals surface area contributed by atoms with Gasteiger partial charge in [-0.3, -0.25) is 0 Å². The summed E-state index contributed by atoms with van der Waals surface area (Å²) >= 11 is 27.1. The molecule has 0 aromatic heterocycles. The van der Waals surface area contributed by atoms with E-state index in [4.69, 9.17) is 46.4 Å². The van der Waals surface area contributed by atoms with Crippen LogP contribution in [0, 0.1) is 6.92 Å². The van der Waals surface area contributed by atoms with Gasteiger partial charge < -0.3 is 0 Å². The summed E-state index contributed by atoms with van der Waals surface area (Å²) in [5, 5.41) is 2.39. The summed E-state index contributed by atoms with van der Waals surface area (Å²) in [7, 11) is 0. The van der Waals surface area contributed by atoms with E-state index in [2.05, 4.69) is 15.9 Å². The van der Waals surface area contributed by atoms with Gasteiger partial charge in [-0.25, -0.2) is 0 Å². The van der Waals surface area contributed by atoms with Crippen LogP contribution in [0.25, 0.3) is 0 Å². The molecule has 0 bridgehead atoms. The highest BCUT2D eigenvalue weighted by atomic mass is 79.9. The highest BCUT2D eigenvalue weighted by Gasteiger charge is 2.16. The van der Waals surface area contributed by atoms with E-state index >= 15 is 0 Å². The Morgan fingerprint density at radius 1 is 0.923 bits per heavy atom. The first-order valence-corrected chi connectivity index (χ1v) is 6.01. The molecule has 0 aliphatic rings. The molecule has 0 radical (unpaired) electrons. The molecule has 0 spiro atoms. The van der Waals surface area contributed by atoms with Crippen molar-refractivity contribution in [2.24, 2.45) is 0 Å². The molecule has 0 fully saturated rings. The third-order valence-electron chi connectivity index (χ3n) is 1.71. The molecule has 13 heavy (non-hydrogen) atoms. The Kier molecular flexibility index (Phi) is 4.21. The Morgan fingerprint density at radius 3 is 1.62 bits per heavy atom. The van der Waals surface area contributed by atoms with Gasteiger partial charge in [0.15, 0.2) is 0 Å². The maximum atomic E-state index is 5.97. The van der Waals surface area contributed by atoms with Gasteiger partial charge in [-0.05, 0) is 12.5 Å². The van der Waals surface area contributed by atoms with Gasteiger partial charge in [-0.1, -0.05) is 62.3 Å². The van der Waals surface area contributed by atoms with Crippen LogP contribution >= 0.6 is 62.3 Å². The molecule has 0 aliphatic heterocycles. The molecule has 0 nitrogen and oxygen atoms in total. The second kappa shape index (κ2) is 4.59. The Balaban J connectivity index is 3.56. The minimum atomic E-state index is 0.463. The topological polar surface area (TPSA) is 0 Å². The van der Waals surface area contributed by atoms with Crippen molar-refractivity contribution in [2.75, 3.05) is 0 Å². The van der Waals surface area contributed by atoms with E-state index in [1.54, 1.807) is 6.92 Å². The first-order valence-electron chi connectivity index (χ1n) is 3.38. The Hall–Kier alpha value is 0.860. The number of rotatable bonds is 1. The van der Waals surface area contributed by atoms with Gasteiger partial charge in [-0.2, -0.15) is 0 Å². The van der Waals surface area contributed by atoms with E-state index in [1.165, 1.54) is 0 Å². The van der Waals surface area contributed by atoms with E-state index in [0.717, 1.165) is 5.56 Å². The average molecular weight is 323 g/mol. The first-order chi connectivity index (χ1) is 6.00. The number of hydrogen-bond donors (Lipinski definition) is 0. The lowest BCUT2D eigenvalue weighted by Gasteiger charge is -2.10. The van der Waals surface area contributed by atoms with Gasteiger partial charge >= 0.3 is 0 Å². The largest absolute Gasteiger partial charge is 0.0875 e. The first kappa shape index (κ1) is 11.9. The zero-order valence-electron chi connectivity index (χ0n) is 6.60. The summed E-state index contributed by atoms with van der Waals surface area (Å²) in [4.78, 5) is 0. The number of alkyl halides is 1. The predicted molar refractivity (Wildman–Crippen MR) is 63.9 cm³/mol. The summed E-state index contributed by atoms with van der Waals surface area (Å²) in [5.74, 6) is 0. The molecule has 0 unspecified atom stereocenters. The van der Waals surface area contributed by atoms with Crippen LogP contribution in [0.5, 0.6) is 0 Å². The molecule has 0 N–H and O–H groups in total. The zero-order valence-corrected chi connectivity index (χ0v) is 11.2.